The third-order valence-electron chi connectivity index (χ3n) is 5.99. The standard InChI is InChI=1S/C24H24N6O/c31-22(26-21-7-3-5-17-4-1-2-6-20(17)21)16-30-14-10-19(11-15-30)24-27-23(28-29-24)18-8-12-25-13-9-18/h1-9,12-13,19H,10-11,14-16H2,(H,26,31)(H,27,28,29)/p+1. The van der Waals surface area contributed by atoms with Gasteiger partial charge in [-0.2, -0.15) is 5.10 Å². The van der Waals surface area contributed by atoms with Crippen molar-refractivity contribution in [1.29, 1.82) is 0 Å². The normalized spacial score (nSPS) is 18.7. The summed E-state index contributed by atoms with van der Waals surface area (Å²) in [5, 5.41) is 12.8. The lowest BCUT2D eigenvalue weighted by Gasteiger charge is -2.27. The van der Waals surface area contributed by atoms with Gasteiger partial charge in [-0.25, -0.2) is 4.98 Å². The molecule has 1 aliphatic heterocycles. The zero-order valence-electron chi connectivity index (χ0n) is 17.2. The van der Waals surface area contributed by atoms with E-state index in [4.69, 9.17) is 4.98 Å². The van der Waals surface area contributed by atoms with Crippen LogP contribution >= 0.6 is 0 Å². The molecule has 0 atom stereocenters. The zero-order chi connectivity index (χ0) is 21.0. The number of aromatic amines is 1. The summed E-state index contributed by atoms with van der Waals surface area (Å²) < 4.78 is 0. The second-order valence-corrected chi connectivity index (χ2v) is 8.06. The maximum Gasteiger partial charge on any atom is 0.279 e. The first-order chi connectivity index (χ1) is 15.3. The number of likely N-dealkylation sites (tertiary alicyclic amines) is 1. The molecule has 3 N–H and O–H groups in total. The van der Waals surface area contributed by atoms with Crippen LogP contribution in [0.2, 0.25) is 0 Å². The first-order valence-corrected chi connectivity index (χ1v) is 10.7. The molecule has 1 saturated heterocycles. The number of fused-ring (bicyclic) bond motifs is 1. The third kappa shape index (κ3) is 4.32. The summed E-state index contributed by atoms with van der Waals surface area (Å²) in [7, 11) is 0. The van der Waals surface area contributed by atoms with Crippen molar-refractivity contribution in [2.75, 3.05) is 25.0 Å². The number of H-pyrrole nitrogens is 1. The van der Waals surface area contributed by atoms with Crippen molar-refractivity contribution >= 4 is 22.4 Å². The van der Waals surface area contributed by atoms with Gasteiger partial charge < -0.3 is 10.2 Å². The fourth-order valence-electron chi connectivity index (χ4n) is 4.32. The first kappa shape index (κ1) is 19.4. The van der Waals surface area contributed by atoms with Gasteiger partial charge >= 0.3 is 0 Å². The number of benzene rings is 2. The van der Waals surface area contributed by atoms with Crippen LogP contribution in [-0.2, 0) is 4.79 Å². The number of nitrogens with one attached hydrogen (secondary N) is 3. The average Bonchev–Trinajstić information content (AvgIpc) is 3.31. The number of carbonyl (C=O) groups excluding carboxylic acids is 1. The number of quaternary nitrogens is 1. The summed E-state index contributed by atoms with van der Waals surface area (Å²) in [4.78, 5) is 22.7. The molecule has 1 fully saturated rings. The molecule has 3 heterocycles. The number of pyridine rings is 1. The van der Waals surface area contributed by atoms with Crippen molar-refractivity contribution in [3.8, 4) is 11.4 Å². The Morgan fingerprint density at radius 1 is 1.03 bits per heavy atom. The maximum absolute atomic E-state index is 12.7. The van der Waals surface area contributed by atoms with Crippen LogP contribution in [0.5, 0.6) is 0 Å². The van der Waals surface area contributed by atoms with E-state index in [1.165, 1.54) is 4.90 Å². The lowest BCUT2D eigenvalue weighted by molar-refractivity contribution is -0.897. The Labute approximate surface area is 180 Å². The Hall–Kier alpha value is -3.58. The van der Waals surface area contributed by atoms with Crippen molar-refractivity contribution in [3.63, 3.8) is 0 Å². The molecule has 0 bridgehead atoms. The summed E-state index contributed by atoms with van der Waals surface area (Å²) >= 11 is 0. The number of rotatable bonds is 5. The van der Waals surface area contributed by atoms with Crippen molar-refractivity contribution in [3.05, 3.63) is 72.8 Å². The highest BCUT2D eigenvalue weighted by Gasteiger charge is 2.27. The number of aromatic nitrogens is 4. The number of nitrogens with zero attached hydrogens (tertiary/aromatic N) is 3. The molecule has 0 saturated carbocycles. The average molecular weight is 414 g/mol. The largest absolute Gasteiger partial charge is 0.327 e. The molecule has 0 spiro atoms. The highest BCUT2D eigenvalue weighted by molar-refractivity contribution is 6.02. The van der Waals surface area contributed by atoms with Crippen molar-refractivity contribution in [2.24, 2.45) is 0 Å². The minimum atomic E-state index is 0.0597. The van der Waals surface area contributed by atoms with E-state index in [1.54, 1.807) is 12.4 Å². The van der Waals surface area contributed by atoms with E-state index in [1.807, 2.05) is 42.5 Å². The lowest BCUT2D eigenvalue weighted by atomic mass is 9.96. The minimum Gasteiger partial charge on any atom is -0.327 e. The molecule has 5 rings (SSSR count). The Morgan fingerprint density at radius 2 is 1.81 bits per heavy atom. The van der Waals surface area contributed by atoms with Gasteiger partial charge in [0.25, 0.3) is 5.91 Å². The molecule has 0 radical (unpaired) electrons. The fraction of sp³-hybridized carbons (Fsp3) is 0.250. The first-order valence-electron chi connectivity index (χ1n) is 10.7. The summed E-state index contributed by atoms with van der Waals surface area (Å²) in [5.41, 5.74) is 1.84. The van der Waals surface area contributed by atoms with Crippen LogP contribution in [0.1, 0.15) is 24.6 Å². The Bertz CT molecular complexity index is 1180. The molecule has 2 aromatic carbocycles. The second-order valence-electron chi connectivity index (χ2n) is 8.06. The Kier molecular flexibility index (Phi) is 5.41. The van der Waals surface area contributed by atoms with E-state index in [-0.39, 0.29) is 5.91 Å². The summed E-state index contributed by atoms with van der Waals surface area (Å²) in [6.07, 6.45) is 5.47. The maximum atomic E-state index is 12.7. The van der Waals surface area contributed by atoms with Gasteiger partial charge in [0.2, 0.25) is 0 Å². The molecule has 0 unspecified atom stereocenters. The number of hydrogen-bond donors (Lipinski definition) is 3. The zero-order valence-corrected chi connectivity index (χ0v) is 17.2. The van der Waals surface area contributed by atoms with E-state index in [0.717, 1.165) is 53.8 Å². The van der Waals surface area contributed by atoms with Crippen LogP contribution in [0, 0.1) is 0 Å². The topological polar surface area (TPSA) is 88.0 Å². The SMILES string of the molecule is O=C(C[NH+]1CCC(c2nc(-c3ccncc3)n[nH]2)CC1)Nc1cccc2ccccc12. The molecule has 1 aliphatic rings. The molecular formula is C24H25N6O+. The van der Waals surface area contributed by atoms with E-state index >= 15 is 0 Å². The molecule has 0 aliphatic carbocycles. The highest BCUT2D eigenvalue weighted by atomic mass is 16.2. The van der Waals surface area contributed by atoms with Crippen LogP contribution in [0.25, 0.3) is 22.2 Å². The number of carbonyl (C=O) groups is 1. The van der Waals surface area contributed by atoms with E-state index in [0.29, 0.717) is 18.3 Å². The molecule has 1 amide bonds. The van der Waals surface area contributed by atoms with Gasteiger partial charge in [0.05, 0.1) is 13.1 Å². The summed E-state index contributed by atoms with van der Waals surface area (Å²) in [6, 6.07) is 17.9. The molecule has 7 nitrogen and oxygen atoms in total. The van der Waals surface area contributed by atoms with Gasteiger partial charge in [-0.1, -0.05) is 36.4 Å². The quantitative estimate of drug-likeness (QED) is 0.469. The highest BCUT2D eigenvalue weighted by Crippen LogP contribution is 2.24. The predicted octanol–water partition coefficient (Wildman–Crippen LogP) is 2.42. The van der Waals surface area contributed by atoms with E-state index in [9.17, 15) is 4.79 Å². The second kappa shape index (κ2) is 8.65. The summed E-state index contributed by atoms with van der Waals surface area (Å²) in [6.45, 7) is 2.37. The fourth-order valence-corrected chi connectivity index (χ4v) is 4.32. The van der Waals surface area contributed by atoms with Crippen LogP contribution in [0.3, 0.4) is 0 Å². The number of anilines is 1. The monoisotopic (exact) mass is 413 g/mol. The van der Waals surface area contributed by atoms with Crippen LogP contribution in [0.15, 0.2) is 67.0 Å². The molecule has 31 heavy (non-hydrogen) atoms. The van der Waals surface area contributed by atoms with E-state index in [2.05, 4.69) is 32.6 Å². The van der Waals surface area contributed by atoms with Gasteiger partial charge in [0, 0.05) is 47.8 Å². The molecular weight excluding hydrogens is 388 g/mol. The molecule has 7 heteroatoms. The number of piperidine rings is 1. The van der Waals surface area contributed by atoms with Crippen molar-refractivity contribution in [2.45, 2.75) is 18.8 Å². The minimum absolute atomic E-state index is 0.0597. The van der Waals surface area contributed by atoms with Crippen molar-refractivity contribution < 1.29 is 9.69 Å². The molecule has 4 aromatic rings. The molecule has 2 aromatic heterocycles. The number of hydrogen-bond acceptors (Lipinski definition) is 4. The molecule has 156 valence electrons. The van der Waals surface area contributed by atoms with Crippen molar-refractivity contribution in [1.82, 2.24) is 20.2 Å². The lowest BCUT2D eigenvalue weighted by Crippen LogP contribution is -3.14. The van der Waals surface area contributed by atoms with E-state index < -0.39 is 0 Å². The van der Waals surface area contributed by atoms with Gasteiger partial charge in [0.15, 0.2) is 12.4 Å². The van der Waals surface area contributed by atoms with Crippen LogP contribution in [0.4, 0.5) is 5.69 Å². The smallest absolute Gasteiger partial charge is 0.279 e. The van der Waals surface area contributed by atoms with Gasteiger partial charge in [0.1, 0.15) is 5.82 Å². The van der Waals surface area contributed by atoms with Gasteiger partial charge in [-0.05, 0) is 23.6 Å². The van der Waals surface area contributed by atoms with Gasteiger partial charge in [-0.15, -0.1) is 0 Å². The van der Waals surface area contributed by atoms with Gasteiger partial charge in [-0.3, -0.25) is 14.9 Å². The van der Waals surface area contributed by atoms with Crippen LogP contribution in [-0.4, -0.2) is 45.7 Å². The van der Waals surface area contributed by atoms with Crippen LogP contribution < -0.4 is 10.2 Å². The number of amides is 1. The summed E-state index contributed by atoms with van der Waals surface area (Å²) in [5.74, 6) is 2.06. The Balaban J connectivity index is 1.17. The predicted molar refractivity (Wildman–Crippen MR) is 120 cm³/mol. The third-order valence-corrected chi connectivity index (χ3v) is 5.99. The Morgan fingerprint density at radius 3 is 2.65 bits per heavy atom.